The highest BCUT2D eigenvalue weighted by atomic mass is 16.5. The van der Waals surface area contributed by atoms with Gasteiger partial charge in [-0.15, -0.1) is 0 Å². The number of rotatable bonds is 7. The number of hydrogen-bond donors (Lipinski definition) is 0. The average Bonchev–Trinajstić information content (AvgIpc) is 2.94. The molecule has 2 aromatic carbocycles. The third-order valence-electron chi connectivity index (χ3n) is 5.72. The van der Waals surface area contributed by atoms with Crippen LogP contribution in [0.25, 0.3) is 6.08 Å². The first kappa shape index (κ1) is 26.9. The molecule has 192 valence electrons. The zero-order valence-electron chi connectivity index (χ0n) is 21.1. The molecule has 0 aromatic heterocycles. The van der Waals surface area contributed by atoms with Crippen molar-refractivity contribution in [2.75, 3.05) is 33.3 Å². The van der Waals surface area contributed by atoms with E-state index in [1.807, 2.05) is 37.3 Å². The number of esters is 4. The first-order valence-corrected chi connectivity index (χ1v) is 11.2. The number of ether oxygens (including phenoxy) is 4. The predicted molar refractivity (Wildman–Crippen MR) is 135 cm³/mol. The molecule has 0 spiro atoms. The van der Waals surface area contributed by atoms with Crippen LogP contribution in [0.2, 0.25) is 0 Å². The van der Waals surface area contributed by atoms with Gasteiger partial charge in [-0.3, -0.25) is 0 Å². The summed E-state index contributed by atoms with van der Waals surface area (Å²) in [6.45, 7) is 1.89. The average molecular weight is 506 g/mol. The van der Waals surface area contributed by atoms with E-state index in [0.717, 1.165) is 39.6 Å². The highest BCUT2D eigenvalue weighted by molar-refractivity contribution is 6.18. The Morgan fingerprint density at radius 1 is 0.703 bits per heavy atom. The van der Waals surface area contributed by atoms with Gasteiger partial charge in [-0.25, -0.2) is 19.2 Å². The molecule has 0 amide bonds. The van der Waals surface area contributed by atoms with Crippen molar-refractivity contribution in [3.63, 3.8) is 0 Å². The van der Waals surface area contributed by atoms with E-state index in [4.69, 9.17) is 18.9 Å². The van der Waals surface area contributed by atoms with Crippen LogP contribution in [0.15, 0.2) is 83.1 Å². The van der Waals surface area contributed by atoms with Crippen LogP contribution in [0.4, 0.5) is 5.69 Å². The molecule has 1 aliphatic heterocycles. The molecule has 37 heavy (non-hydrogen) atoms. The highest BCUT2D eigenvalue weighted by Crippen LogP contribution is 2.39. The van der Waals surface area contributed by atoms with Crippen LogP contribution in [0.1, 0.15) is 11.1 Å². The maximum atomic E-state index is 13.2. The summed E-state index contributed by atoms with van der Waals surface area (Å²) in [5.41, 5.74) is 0.731. The minimum absolute atomic E-state index is 0.213. The van der Waals surface area contributed by atoms with Crippen molar-refractivity contribution in [2.24, 2.45) is 0 Å². The quantitative estimate of drug-likeness (QED) is 0.414. The Bertz CT molecular complexity index is 1290. The predicted octanol–water partition coefficient (Wildman–Crippen LogP) is 3.14. The van der Waals surface area contributed by atoms with Gasteiger partial charge in [-0.1, -0.05) is 60.2 Å². The minimum Gasteiger partial charge on any atom is -0.466 e. The molecule has 0 bridgehead atoms. The number of nitrogens with zero attached hydrogens (tertiary/aromatic N) is 1. The van der Waals surface area contributed by atoms with Crippen LogP contribution in [-0.2, 0) is 38.1 Å². The molecule has 0 saturated heterocycles. The lowest BCUT2D eigenvalue weighted by Crippen LogP contribution is -2.47. The largest absolute Gasteiger partial charge is 0.466 e. The maximum Gasteiger partial charge on any atom is 0.355 e. The lowest BCUT2D eigenvalue weighted by Gasteiger charge is -2.38. The molecule has 2 aromatic rings. The summed E-state index contributed by atoms with van der Waals surface area (Å²) >= 11 is 0. The summed E-state index contributed by atoms with van der Waals surface area (Å²) in [7, 11) is 4.48. The fraction of sp³-hybridized carbons (Fsp3) is 0.214. The normalized spacial score (nSPS) is 15.5. The van der Waals surface area contributed by atoms with Crippen LogP contribution in [-0.4, -0.2) is 58.4 Å². The van der Waals surface area contributed by atoms with E-state index in [-0.39, 0.29) is 11.3 Å². The van der Waals surface area contributed by atoms with E-state index in [1.54, 1.807) is 36.4 Å². The van der Waals surface area contributed by atoms with Gasteiger partial charge in [0.05, 0.1) is 45.6 Å². The first-order valence-electron chi connectivity index (χ1n) is 11.2. The Kier molecular flexibility index (Phi) is 8.63. The highest BCUT2D eigenvalue weighted by Gasteiger charge is 2.46. The van der Waals surface area contributed by atoms with Crippen molar-refractivity contribution in [1.82, 2.24) is 0 Å². The molecule has 1 aliphatic rings. The molecule has 0 N–H and O–H groups in total. The second-order valence-electron chi connectivity index (χ2n) is 7.90. The van der Waals surface area contributed by atoms with Crippen LogP contribution >= 0.6 is 0 Å². The van der Waals surface area contributed by atoms with E-state index < -0.39 is 41.1 Å². The van der Waals surface area contributed by atoms with Gasteiger partial charge in [0, 0.05) is 5.69 Å². The fourth-order valence-electron chi connectivity index (χ4n) is 3.98. The lowest BCUT2D eigenvalue weighted by atomic mass is 9.86. The molecular weight excluding hydrogens is 478 g/mol. The monoisotopic (exact) mass is 505 g/mol. The number of anilines is 1. The van der Waals surface area contributed by atoms with Gasteiger partial charge in [0.1, 0.15) is 11.3 Å². The van der Waals surface area contributed by atoms with Crippen LogP contribution in [0.5, 0.6) is 0 Å². The fourth-order valence-corrected chi connectivity index (χ4v) is 3.98. The van der Waals surface area contributed by atoms with Crippen molar-refractivity contribution < 1.29 is 38.1 Å². The summed E-state index contributed by atoms with van der Waals surface area (Å²) in [5, 5.41) is 0. The topological polar surface area (TPSA) is 108 Å². The molecule has 0 fully saturated rings. The number of hydrogen-bond acceptors (Lipinski definition) is 9. The lowest BCUT2D eigenvalue weighted by molar-refractivity contribution is -0.142. The van der Waals surface area contributed by atoms with E-state index in [2.05, 4.69) is 0 Å². The van der Waals surface area contributed by atoms with E-state index in [9.17, 15) is 19.2 Å². The molecule has 0 radical (unpaired) electrons. The number of carbonyl (C=O) groups excluding carboxylic acids is 4. The third kappa shape index (κ3) is 5.45. The Morgan fingerprint density at radius 2 is 1.24 bits per heavy atom. The van der Waals surface area contributed by atoms with Crippen LogP contribution < -0.4 is 4.90 Å². The Morgan fingerprint density at radius 3 is 1.78 bits per heavy atom. The van der Waals surface area contributed by atoms with Crippen LogP contribution in [0.3, 0.4) is 0 Å². The molecule has 0 aliphatic carbocycles. The Balaban J connectivity index is 2.49. The number of carbonyl (C=O) groups is 4. The molecule has 9 heteroatoms. The summed E-state index contributed by atoms with van der Waals surface area (Å²) in [5.74, 6) is -3.89. The molecule has 9 nitrogen and oxygen atoms in total. The zero-order valence-corrected chi connectivity index (χ0v) is 21.1. The van der Waals surface area contributed by atoms with E-state index in [0.29, 0.717) is 5.69 Å². The molecule has 3 rings (SSSR count). The number of methoxy groups -OCH3 is 4. The van der Waals surface area contributed by atoms with Crippen molar-refractivity contribution in [1.29, 1.82) is 0 Å². The standard InChI is InChI=1S/C28H27NO8/c1-17-11-14-19(15-12-17)29-20(16-13-18-9-7-6-8-10-18)21(25(30)34-2)22(26(31)35-3)23(27(32)36-4)24(29)28(33)37-5/h6-16,20H,1-5H3/b16-13+. The Labute approximate surface area is 214 Å². The van der Waals surface area contributed by atoms with Crippen molar-refractivity contribution in [3.05, 3.63) is 94.2 Å². The second kappa shape index (κ2) is 11.9. The van der Waals surface area contributed by atoms with E-state index >= 15 is 0 Å². The maximum absolute atomic E-state index is 13.2. The van der Waals surface area contributed by atoms with Gasteiger partial charge in [0.15, 0.2) is 0 Å². The van der Waals surface area contributed by atoms with Gasteiger partial charge >= 0.3 is 23.9 Å². The van der Waals surface area contributed by atoms with Crippen molar-refractivity contribution >= 4 is 35.6 Å². The molecule has 1 heterocycles. The Hall–Kier alpha value is -4.66. The van der Waals surface area contributed by atoms with Crippen molar-refractivity contribution in [2.45, 2.75) is 13.0 Å². The minimum atomic E-state index is -1.08. The number of aryl methyl sites for hydroxylation is 1. The first-order chi connectivity index (χ1) is 17.8. The SMILES string of the molecule is COC(=O)C1=C(C(=O)OC)C(/C=C/c2ccccc2)N(c2ccc(C)cc2)C(C(=O)OC)=C1C(=O)OC. The van der Waals surface area contributed by atoms with Gasteiger partial charge in [0.2, 0.25) is 0 Å². The van der Waals surface area contributed by atoms with E-state index in [1.165, 1.54) is 4.90 Å². The third-order valence-corrected chi connectivity index (χ3v) is 5.72. The smallest absolute Gasteiger partial charge is 0.355 e. The van der Waals surface area contributed by atoms with Gasteiger partial charge < -0.3 is 23.8 Å². The number of benzene rings is 2. The second-order valence-corrected chi connectivity index (χ2v) is 7.90. The van der Waals surface area contributed by atoms with Crippen LogP contribution in [0, 0.1) is 6.92 Å². The summed E-state index contributed by atoms with van der Waals surface area (Å²) in [6.07, 6.45) is 3.35. The van der Waals surface area contributed by atoms with Gasteiger partial charge in [0.25, 0.3) is 0 Å². The molecule has 1 atom stereocenters. The van der Waals surface area contributed by atoms with Gasteiger partial charge in [-0.2, -0.15) is 0 Å². The molecule has 1 unspecified atom stereocenters. The summed E-state index contributed by atoms with van der Waals surface area (Å²) < 4.78 is 19.9. The summed E-state index contributed by atoms with van der Waals surface area (Å²) in [6, 6.07) is 15.2. The molecular formula is C28H27NO8. The van der Waals surface area contributed by atoms with Crippen molar-refractivity contribution in [3.8, 4) is 0 Å². The van der Waals surface area contributed by atoms with Gasteiger partial charge in [-0.05, 0) is 24.6 Å². The zero-order chi connectivity index (χ0) is 27.1. The molecule has 0 saturated carbocycles. The summed E-state index contributed by atoms with van der Waals surface area (Å²) in [4.78, 5) is 54.0.